The van der Waals surface area contributed by atoms with E-state index in [2.05, 4.69) is 15.6 Å². The minimum Gasteiger partial charge on any atom is -0.349 e. The molecular formula is C16H16N4O2S. The van der Waals surface area contributed by atoms with Crippen LogP contribution in [0.3, 0.4) is 0 Å². The summed E-state index contributed by atoms with van der Waals surface area (Å²) in [4.78, 5) is 28.8. The molecule has 1 aromatic carbocycles. The molecule has 0 radical (unpaired) electrons. The lowest BCUT2D eigenvalue weighted by Gasteiger charge is -2.06. The summed E-state index contributed by atoms with van der Waals surface area (Å²) >= 11 is 1.54. The van der Waals surface area contributed by atoms with Crippen molar-refractivity contribution in [2.75, 3.05) is 6.54 Å². The van der Waals surface area contributed by atoms with E-state index in [0.29, 0.717) is 6.54 Å². The molecule has 2 amide bonds. The molecule has 0 bridgehead atoms. The summed E-state index contributed by atoms with van der Waals surface area (Å²) in [7, 11) is 0. The van der Waals surface area contributed by atoms with E-state index in [1.807, 2.05) is 52.5 Å². The summed E-state index contributed by atoms with van der Waals surface area (Å²) in [6.45, 7) is 0.315. The standard InChI is InChI=1S/C16H16N4O2S/c21-14(8-12-4-2-1-3-5-12)18-10-15(22)17-9-13-11-20-6-7-23-16(20)19-13/h1-7,11H,8-10H2,(H,17,22)(H,18,21). The van der Waals surface area contributed by atoms with Crippen molar-refractivity contribution in [3.05, 3.63) is 59.4 Å². The van der Waals surface area contributed by atoms with Gasteiger partial charge in [-0.25, -0.2) is 4.98 Å². The molecule has 3 rings (SSSR count). The topological polar surface area (TPSA) is 75.5 Å². The maximum absolute atomic E-state index is 11.8. The fourth-order valence-electron chi connectivity index (χ4n) is 2.14. The fourth-order valence-corrected chi connectivity index (χ4v) is 2.85. The molecule has 0 aliphatic carbocycles. The Balaban J connectivity index is 1.40. The number of nitrogens with one attached hydrogen (secondary N) is 2. The Morgan fingerprint density at radius 1 is 1.13 bits per heavy atom. The van der Waals surface area contributed by atoms with Crippen LogP contribution in [0.5, 0.6) is 0 Å². The highest BCUT2D eigenvalue weighted by molar-refractivity contribution is 7.15. The summed E-state index contributed by atoms with van der Waals surface area (Å²) in [6.07, 6.45) is 4.06. The Kier molecular flexibility index (Phi) is 4.68. The van der Waals surface area contributed by atoms with E-state index in [9.17, 15) is 9.59 Å². The highest BCUT2D eigenvalue weighted by Crippen LogP contribution is 2.10. The van der Waals surface area contributed by atoms with Crippen LogP contribution >= 0.6 is 11.3 Å². The minimum atomic E-state index is -0.234. The number of rotatable bonds is 6. The van der Waals surface area contributed by atoms with Crippen molar-refractivity contribution < 1.29 is 9.59 Å². The first-order valence-electron chi connectivity index (χ1n) is 7.19. The maximum Gasteiger partial charge on any atom is 0.239 e. The second-order valence-corrected chi connectivity index (χ2v) is 5.91. The molecule has 0 aliphatic rings. The molecule has 2 N–H and O–H groups in total. The first-order chi connectivity index (χ1) is 11.2. The molecule has 0 atom stereocenters. The molecule has 23 heavy (non-hydrogen) atoms. The van der Waals surface area contributed by atoms with E-state index < -0.39 is 0 Å². The summed E-state index contributed by atoms with van der Waals surface area (Å²) < 4.78 is 1.91. The average Bonchev–Trinajstić information content (AvgIpc) is 3.13. The third-order valence-electron chi connectivity index (χ3n) is 3.26. The molecule has 0 saturated heterocycles. The van der Waals surface area contributed by atoms with E-state index in [-0.39, 0.29) is 24.8 Å². The monoisotopic (exact) mass is 328 g/mol. The number of carbonyl (C=O) groups is 2. The third-order valence-corrected chi connectivity index (χ3v) is 4.03. The average molecular weight is 328 g/mol. The van der Waals surface area contributed by atoms with Crippen molar-refractivity contribution in [3.8, 4) is 0 Å². The third kappa shape index (κ3) is 4.17. The van der Waals surface area contributed by atoms with Crippen molar-refractivity contribution in [2.45, 2.75) is 13.0 Å². The summed E-state index contributed by atoms with van der Waals surface area (Å²) in [5, 5.41) is 7.31. The number of benzene rings is 1. The van der Waals surface area contributed by atoms with E-state index >= 15 is 0 Å². The van der Waals surface area contributed by atoms with Gasteiger partial charge in [0, 0.05) is 17.8 Å². The zero-order valence-corrected chi connectivity index (χ0v) is 13.2. The highest BCUT2D eigenvalue weighted by atomic mass is 32.1. The van der Waals surface area contributed by atoms with Gasteiger partial charge in [0.15, 0.2) is 4.96 Å². The van der Waals surface area contributed by atoms with Crippen molar-refractivity contribution in [2.24, 2.45) is 0 Å². The lowest BCUT2D eigenvalue weighted by molar-refractivity contribution is -0.125. The van der Waals surface area contributed by atoms with E-state index in [4.69, 9.17) is 0 Å². The molecule has 7 heteroatoms. The molecule has 0 aliphatic heterocycles. The van der Waals surface area contributed by atoms with Crippen molar-refractivity contribution in [1.29, 1.82) is 0 Å². The molecule has 3 aromatic rings. The lowest BCUT2D eigenvalue weighted by atomic mass is 10.1. The van der Waals surface area contributed by atoms with Gasteiger partial charge in [0.25, 0.3) is 0 Å². The van der Waals surface area contributed by atoms with Gasteiger partial charge in [0.05, 0.1) is 25.2 Å². The van der Waals surface area contributed by atoms with Gasteiger partial charge < -0.3 is 10.6 Å². The number of carbonyl (C=O) groups excluding carboxylic acids is 2. The number of fused-ring (bicyclic) bond motifs is 1. The molecular weight excluding hydrogens is 312 g/mol. The number of hydrogen-bond acceptors (Lipinski definition) is 4. The van der Waals surface area contributed by atoms with E-state index in [0.717, 1.165) is 16.2 Å². The number of amides is 2. The number of imidazole rings is 1. The molecule has 2 heterocycles. The molecule has 0 spiro atoms. The Morgan fingerprint density at radius 3 is 2.74 bits per heavy atom. The highest BCUT2D eigenvalue weighted by Gasteiger charge is 2.08. The first kappa shape index (κ1) is 15.2. The first-order valence-corrected chi connectivity index (χ1v) is 8.07. The number of nitrogens with zero attached hydrogens (tertiary/aromatic N) is 2. The molecule has 0 fully saturated rings. The van der Waals surface area contributed by atoms with Gasteiger partial charge in [-0.1, -0.05) is 30.3 Å². The lowest BCUT2D eigenvalue weighted by Crippen LogP contribution is -2.37. The largest absolute Gasteiger partial charge is 0.349 e. The van der Waals surface area contributed by atoms with Crippen LogP contribution in [0.1, 0.15) is 11.3 Å². The Hall–Kier alpha value is -2.67. The van der Waals surface area contributed by atoms with Crippen molar-refractivity contribution >= 4 is 28.1 Å². The van der Waals surface area contributed by atoms with Crippen LogP contribution in [0.15, 0.2) is 48.1 Å². The van der Waals surface area contributed by atoms with Crippen LogP contribution in [0.25, 0.3) is 4.96 Å². The Labute approximate surface area is 137 Å². The summed E-state index contributed by atoms with van der Waals surface area (Å²) in [5.74, 6) is -0.406. The van der Waals surface area contributed by atoms with Gasteiger partial charge in [-0.3, -0.25) is 14.0 Å². The van der Waals surface area contributed by atoms with Crippen molar-refractivity contribution in [3.63, 3.8) is 0 Å². The SMILES string of the molecule is O=C(CNC(=O)Cc1ccccc1)NCc1cn2ccsc2n1. The normalized spacial score (nSPS) is 10.6. The summed E-state index contributed by atoms with van der Waals surface area (Å²) in [6, 6.07) is 9.42. The minimum absolute atomic E-state index is 0.0338. The van der Waals surface area contributed by atoms with Gasteiger partial charge in [0.2, 0.25) is 11.8 Å². The molecule has 2 aromatic heterocycles. The van der Waals surface area contributed by atoms with Gasteiger partial charge in [-0.05, 0) is 5.56 Å². The number of hydrogen-bond donors (Lipinski definition) is 2. The zero-order valence-electron chi connectivity index (χ0n) is 12.4. The van der Waals surface area contributed by atoms with Crippen LogP contribution in [0.2, 0.25) is 0 Å². The van der Waals surface area contributed by atoms with Gasteiger partial charge in [-0.2, -0.15) is 0 Å². The van der Waals surface area contributed by atoms with Crippen LogP contribution in [0, 0.1) is 0 Å². The summed E-state index contributed by atoms with van der Waals surface area (Å²) in [5.41, 5.74) is 1.71. The molecule has 0 saturated carbocycles. The van der Waals surface area contributed by atoms with Crippen LogP contribution in [-0.4, -0.2) is 27.7 Å². The zero-order chi connectivity index (χ0) is 16.1. The van der Waals surface area contributed by atoms with Crippen LogP contribution in [0.4, 0.5) is 0 Å². The number of thiazole rings is 1. The van der Waals surface area contributed by atoms with Gasteiger partial charge >= 0.3 is 0 Å². The predicted molar refractivity (Wildman–Crippen MR) is 88.1 cm³/mol. The van der Waals surface area contributed by atoms with E-state index in [1.54, 1.807) is 0 Å². The van der Waals surface area contributed by atoms with Gasteiger partial charge in [-0.15, -0.1) is 11.3 Å². The Bertz CT molecular complexity index is 781. The van der Waals surface area contributed by atoms with Crippen molar-refractivity contribution in [1.82, 2.24) is 20.0 Å². The van der Waals surface area contributed by atoms with Crippen LogP contribution in [-0.2, 0) is 22.6 Å². The maximum atomic E-state index is 11.8. The van der Waals surface area contributed by atoms with Crippen LogP contribution < -0.4 is 10.6 Å². The molecule has 0 unspecified atom stereocenters. The Morgan fingerprint density at radius 2 is 1.96 bits per heavy atom. The second kappa shape index (κ2) is 7.06. The predicted octanol–water partition coefficient (Wildman–Crippen LogP) is 1.37. The fraction of sp³-hybridized carbons (Fsp3) is 0.188. The quantitative estimate of drug-likeness (QED) is 0.718. The smallest absolute Gasteiger partial charge is 0.239 e. The van der Waals surface area contributed by atoms with Gasteiger partial charge in [0.1, 0.15) is 0 Å². The molecule has 118 valence electrons. The van der Waals surface area contributed by atoms with E-state index in [1.165, 1.54) is 11.3 Å². The molecule has 6 nitrogen and oxygen atoms in total. The second-order valence-electron chi connectivity index (χ2n) is 5.04. The number of aromatic nitrogens is 2.